The largest absolute Gasteiger partial charge is 0.395 e. The van der Waals surface area contributed by atoms with Crippen LogP contribution in [0.5, 0.6) is 0 Å². The third kappa shape index (κ3) is 1.81. The molecule has 0 aromatic rings. The van der Waals surface area contributed by atoms with Gasteiger partial charge in [0.15, 0.2) is 0 Å². The van der Waals surface area contributed by atoms with Crippen molar-refractivity contribution in [2.75, 3.05) is 26.7 Å². The van der Waals surface area contributed by atoms with E-state index < -0.39 is 0 Å². The van der Waals surface area contributed by atoms with Crippen LogP contribution in [0.25, 0.3) is 0 Å². The Kier molecular flexibility index (Phi) is 2.58. The first-order valence-electron chi connectivity index (χ1n) is 5.62. The molecular formula is C11H22N2O. The fourth-order valence-corrected chi connectivity index (χ4v) is 2.36. The molecule has 2 rings (SSSR count). The fraction of sp³-hybridized carbons (Fsp3) is 1.00. The molecule has 3 heteroatoms. The summed E-state index contributed by atoms with van der Waals surface area (Å²) in [6, 6.07) is 1.13. The molecule has 2 fully saturated rings. The third-order valence-electron chi connectivity index (χ3n) is 3.78. The average Bonchev–Trinajstić information content (AvgIpc) is 2.92. The summed E-state index contributed by atoms with van der Waals surface area (Å²) in [6.07, 6.45) is 2.66. The van der Waals surface area contributed by atoms with Crippen molar-refractivity contribution in [2.24, 2.45) is 0 Å². The Labute approximate surface area is 86.7 Å². The Morgan fingerprint density at radius 3 is 2.50 bits per heavy atom. The van der Waals surface area contributed by atoms with Gasteiger partial charge in [0.25, 0.3) is 0 Å². The number of aliphatic hydroxyl groups excluding tert-OH is 1. The molecule has 0 spiro atoms. The lowest BCUT2D eigenvalue weighted by molar-refractivity contribution is -0.0249. The van der Waals surface area contributed by atoms with E-state index in [2.05, 4.69) is 30.7 Å². The van der Waals surface area contributed by atoms with Crippen LogP contribution in [0.2, 0.25) is 0 Å². The molecule has 1 atom stereocenters. The zero-order valence-electron chi connectivity index (χ0n) is 9.53. The number of piperazine rings is 1. The number of nitrogens with zero attached hydrogens (tertiary/aromatic N) is 2. The molecule has 1 saturated carbocycles. The molecule has 0 aromatic heterocycles. The molecule has 2 aliphatic rings. The topological polar surface area (TPSA) is 26.7 Å². The van der Waals surface area contributed by atoms with E-state index >= 15 is 0 Å². The number of hydrogen-bond donors (Lipinski definition) is 1. The molecule has 1 heterocycles. The van der Waals surface area contributed by atoms with Crippen molar-refractivity contribution < 1.29 is 5.11 Å². The van der Waals surface area contributed by atoms with Crippen molar-refractivity contribution in [3.8, 4) is 0 Å². The maximum absolute atomic E-state index is 9.36. The summed E-state index contributed by atoms with van der Waals surface area (Å²) in [6.45, 7) is 6.97. The van der Waals surface area contributed by atoms with Crippen molar-refractivity contribution in [3.63, 3.8) is 0 Å². The molecule has 1 aliphatic carbocycles. The maximum Gasteiger partial charge on any atom is 0.0599 e. The van der Waals surface area contributed by atoms with E-state index in [0.29, 0.717) is 12.6 Å². The van der Waals surface area contributed by atoms with E-state index in [4.69, 9.17) is 0 Å². The van der Waals surface area contributed by atoms with Gasteiger partial charge in [-0.25, -0.2) is 0 Å². The molecule has 0 aromatic carbocycles. The number of likely N-dealkylation sites (N-methyl/N-ethyl adjacent to an activating group) is 1. The van der Waals surface area contributed by atoms with E-state index in [1.807, 2.05) is 0 Å². The van der Waals surface area contributed by atoms with Crippen molar-refractivity contribution in [2.45, 2.75) is 44.3 Å². The van der Waals surface area contributed by atoms with Gasteiger partial charge >= 0.3 is 0 Å². The third-order valence-corrected chi connectivity index (χ3v) is 3.78. The highest BCUT2D eigenvalue weighted by Crippen LogP contribution is 2.33. The highest BCUT2D eigenvalue weighted by Gasteiger charge is 2.42. The summed E-state index contributed by atoms with van der Waals surface area (Å²) < 4.78 is 0. The Morgan fingerprint density at radius 1 is 1.36 bits per heavy atom. The molecule has 1 unspecified atom stereocenters. The van der Waals surface area contributed by atoms with E-state index in [1.54, 1.807) is 0 Å². The van der Waals surface area contributed by atoms with Crippen LogP contribution in [0, 0.1) is 0 Å². The lowest BCUT2D eigenvalue weighted by Gasteiger charge is -2.49. The number of hydrogen-bond acceptors (Lipinski definition) is 3. The summed E-state index contributed by atoms with van der Waals surface area (Å²) in [5.74, 6) is 0. The van der Waals surface area contributed by atoms with Crippen LogP contribution in [-0.4, -0.2) is 59.3 Å². The van der Waals surface area contributed by atoms with Crippen molar-refractivity contribution >= 4 is 0 Å². The Bertz CT molecular complexity index is 213. The molecule has 82 valence electrons. The van der Waals surface area contributed by atoms with Gasteiger partial charge < -0.3 is 5.11 Å². The zero-order chi connectivity index (χ0) is 10.3. The Balaban J connectivity index is 2.06. The van der Waals surface area contributed by atoms with E-state index in [0.717, 1.165) is 19.1 Å². The Hall–Kier alpha value is -0.120. The van der Waals surface area contributed by atoms with Gasteiger partial charge in [0.2, 0.25) is 0 Å². The van der Waals surface area contributed by atoms with Crippen LogP contribution < -0.4 is 0 Å². The van der Waals surface area contributed by atoms with Crippen molar-refractivity contribution in [3.05, 3.63) is 0 Å². The van der Waals surface area contributed by atoms with Crippen LogP contribution in [-0.2, 0) is 0 Å². The standard InChI is InChI=1S/C11H22N2O/c1-11(2)8-13(9-4-5-9)10(7-14)6-12(11)3/h9-10,14H,4-8H2,1-3H3. The first-order chi connectivity index (χ1) is 6.54. The second-order valence-corrected chi connectivity index (χ2v) is 5.43. The lowest BCUT2D eigenvalue weighted by Crippen LogP contribution is -2.63. The summed E-state index contributed by atoms with van der Waals surface area (Å²) >= 11 is 0. The number of aliphatic hydroxyl groups is 1. The van der Waals surface area contributed by atoms with Gasteiger partial charge in [0, 0.05) is 30.7 Å². The molecule has 14 heavy (non-hydrogen) atoms. The van der Waals surface area contributed by atoms with Gasteiger partial charge in [0.05, 0.1) is 6.61 Å². The monoisotopic (exact) mass is 198 g/mol. The molecule has 1 saturated heterocycles. The van der Waals surface area contributed by atoms with Crippen LogP contribution >= 0.6 is 0 Å². The molecule has 1 aliphatic heterocycles. The van der Waals surface area contributed by atoms with Crippen molar-refractivity contribution in [1.29, 1.82) is 0 Å². The zero-order valence-corrected chi connectivity index (χ0v) is 9.53. The van der Waals surface area contributed by atoms with Crippen LogP contribution in [0.1, 0.15) is 26.7 Å². The summed E-state index contributed by atoms with van der Waals surface area (Å²) in [4.78, 5) is 4.88. The van der Waals surface area contributed by atoms with Gasteiger partial charge in [-0.05, 0) is 33.7 Å². The maximum atomic E-state index is 9.36. The summed E-state index contributed by atoms with van der Waals surface area (Å²) in [5, 5.41) is 9.36. The van der Waals surface area contributed by atoms with Gasteiger partial charge in [0.1, 0.15) is 0 Å². The first kappa shape index (κ1) is 10.4. The van der Waals surface area contributed by atoms with Gasteiger partial charge in [-0.2, -0.15) is 0 Å². The smallest absolute Gasteiger partial charge is 0.0599 e. The molecular weight excluding hydrogens is 176 g/mol. The van der Waals surface area contributed by atoms with Crippen LogP contribution in [0.4, 0.5) is 0 Å². The van der Waals surface area contributed by atoms with Gasteiger partial charge in [-0.3, -0.25) is 9.80 Å². The fourth-order valence-electron chi connectivity index (χ4n) is 2.36. The molecule has 0 amide bonds. The SMILES string of the molecule is CN1CC(CO)N(C2CC2)CC1(C)C. The lowest BCUT2D eigenvalue weighted by atomic mass is 9.96. The van der Waals surface area contributed by atoms with Crippen LogP contribution in [0.3, 0.4) is 0 Å². The predicted molar refractivity (Wildman–Crippen MR) is 57.3 cm³/mol. The molecule has 0 bridgehead atoms. The normalized spacial score (nSPS) is 34.7. The van der Waals surface area contributed by atoms with E-state index in [9.17, 15) is 5.11 Å². The average molecular weight is 198 g/mol. The second-order valence-electron chi connectivity index (χ2n) is 5.43. The highest BCUT2D eigenvalue weighted by molar-refractivity contribution is 4.99. The minimum absolute atomic E-state index is 0.258. The minimum Gasteiger partial charge on any atom is -0.395 e. The van der Waals surface area contributed by atoms with Crippen LogP contribution in [0.15, 0.2) is 0 Å². The van der Waals surface area contributed by atoms with Gasteiger partial charge in [-0.1, -0.05) is 0 Å². The molecule has 0 radical (unpaired) electrons. The Morgan fingerprint density at radius 2 is 2.00 bits per heavy atom. The quantitative estimate of drug-likeness (QED) is 0.701. The van der Waals surface area contributed by atoms with Crippen molar-refractivity contribution in [1.82, 2.24) is 9.80 Å². The minimum atomic E-state index is 0.258. The summed E-state index contributed by atoms with van der Waals surface area (Å²) in [5.41, 5.74) is 0.258. The summed E-state index contributed by atoms with van der Waals surface area (Å²) in [7, 11) is 2.16. The molecule has 3 nitrogen and oxygen atoms in total. The second kappa shape index (κ2) is 3.47. The number of rotatable bonds is 2. The van der Waals surface area contributed by atoms with E-state index in [1.165, 1.54) is 12.8 Å². The van der Waals surface area contributed by atoms with Gasteiger partial charge in [-0.15, -0.1) is 0 Å². The predicted octanol–water partition coefficient (Wildman–Crippen LogP) is 0.536. The highest BCUT2D eigenvalue weighted by atomic mass is 16.3. The first-order valence-corrected chi connectivity index (χ1v) is 5.62. The molecule has 1 N–H and O–H groups in total. The van der Waals surface area contributed by atoms with E-state index in [-0.39, 0.29) is 5.54 Å².